The molecule has 0 atom stereocenters. The van der Waals surface area contributed by atoms with Gasteiger partial charge < -0.3 is 11.1 Å². The minimum absolute atomic E-state index is 0.0270. The summed E-state index contributed by atoms with van der Waals surface area (Å²) >= 11 is 11.5. The third kappa shape index (κ3) is 4.08. The molecule has 0 spiro atoms. The van der Waals surface area contributed by atoms with Crippen LogP contribution in [0.1, 0.15) is 5.56 Å². The number of alkyl halides is 3. The molecule has 0 aliphatic rings. The Kier molecular flexibility index (Phi) is 4.29. The van der Waals surface area contributed by atoms with Crippen LogP contribution in [-0.2, 0) is 6.54 Å². The molecule has 2 nitrogen and oxygen atoms in total. The average molecular weight is 273 g/mol. The van der Waals surface area contributed by atoms with E-state index in [-0.39, 0.29) is 22.3 Å². The van der Waals surface area contributed by atoms with E-state index >= 15 is 0 Å². The summed E-state index contributed by atoms with van der Waals surface area (Å²) in [4.78, 5) is 0. The number of anilines is 1. The summed E-state index contributed by atoms with van der Waals surface area (Å²) < 4.78 is 35.5. The van der Waals surface area contributed by atoms with Gasteiger partial charge in [0.25, 0.3) is 0 Å². The Morgan fingerprint density at radius 2 is 1.69 bits per heavy atom. The summed E-state index contributed by atoms with van der Waals surface area (Å²) in [6.45, 7) is -1.04. The predicted octanol–water partition coefficient (Wildman–Crippen LogP) is 3.23. The van der Waals surface area contributed by atoms with Gasteiger partial charge in [-0.15, -0.1) is 0 Å². The van der Waals surface area contributed by atoms with E-state index in [1.54, 1.807) is 0 Å². The van der Waals surface area contributed by atoms with E-state index in [9.17, 15) is 13.2 Å². The zero-order valence-corrected chi connectivity index (χ0v) is 9.55. The van der Waals surface area contributed by atoms with Crippen LogP contribution in [0.2, 0.25) is 10.0 Å². The molecule has 0 fully saturated rings. The molecule has 1 aromatic rings. The van der Waals surface area contributed by atoms with E-state index in [1.165, 1.54) is 12.1 Å². The van der Waals surface area contributed by atoms with Crippen molar-refractivity contribution in [1.82, 2.24) is 5.32 Å². The van der Waals surface area contributed by atoms with Crippen molar-refractivity contribution in [3.63, 3.8) is 0 Å². The molecule has 0 aliphatic heterocycles. The number of nitrogens with one attached hydrogen (secondary N) is 1. The summed E-state index contributed by atoms with van der Waals surface area (Å²) in [7, 11) is 0. The molecule has 0 saturated heterocycles. The zero-order valence-electron chi connectivity index (χ0n) is 8.04. The minimum atomic E-state index is -4.23. The Hall–Kier alpha value is -0.650. The summed E-state index contributed by atoms with van der Waals surface area (Å²) in [5.74, 6) is 0. The molecule has 7 heteroatoms. The monoisotopic (exact) mass is 272 g/mol. The highest BCUT2D eigenvalue weighted by Crippen LogP contribution is 2.28. The third-order valence-corrected chi connectivity index (χ3v) is 2.42. The fourth-order valence-electron chi connectivity index (χ4n) is 1.09. The summed E-state index contributed by atoms with van der Waals surface area (Å²) in [5.41, 5.74) is 6.26. The van der Waals surface area contributed by atoms with Gasteiger partial charge in [0.1, 0.15) is 0 Å². The number of halogens is 5. The Morgan fingerprint density at radius 1 is 1.19 bits per heavy atom. The van der Waals surface area contributed by atoms with E-state index in [2.05, 4.69) is 5.32 Å². The maximum atomic E-state index is 11.8. The van der Waals surface area contributed by atoms with E-state index in [0.717, 1.165) is 0 Å². The van der Waals surface area contributed by atoms with Crippen LogP contribution >= 0.6 is 23.2 Å². The van der Waals surface area contributed by atoms with E-state index < -0.39 is 12.7 Å². The molecule has 90 valence electrons. The lowest BCUT2D eigenvalue weighted by Crippen LogP contribution is -2.28. The first-order valence-electron chi connectivity index (χ1n) is 4.30. The first kappa shape index (κ1) is 13.4. The predicted molar refractivity (Wildman–Crippen MR) is 58.6 cm³/mol. The van der Waals surface area contributed by atoms with Crippen LogP contribution in [0.3, 0.4) is 0 Å². The summed E-state index contributed by atoms with van der Waals surface area (Å²) in [5, 5.41) is 2.70. The zero-order chi connectivity index (χ0) is 12.3. The van der Waals surface area contributed by atoms with Gasteiger partial charge in [0, 0.05) is 6.54 Å². The lowest BCUT2D eigenvalue weighted by molar-refractivity contribution is -0.125. The second-order valence-corrected chi connectivity index (χ2v) is 4.01. The van der Waals surface area contributed by atoms with Gasteiger partial charge in [-0.25, -0.2) is 0 Å². The fraction of sp³-hybridized carbons (Fsp3) is 0.333. The van der Waals surface area contributed by atoms with E-state index in [0.29, 0.717) is 5.56 Å². The number of rotatable bonds is 3. The van der Waals surface area contributed by atoms with Gasteiger partial charge in [-0.1, -0.05) is 23.2 Å². The minimum Gasteiger partial charge on any atom is -0.396 e. The summed E-state index contributed by atoms with van der Waals surface area (Å²) in [6.07, 6.45) is -4.23. The van der Waals surface area contributed by atoms with E-state index in [4.69, 9.17) is 28.9 Å². The average Bonchev–Trinajstić information content (AvgIpc) is 2.12. The maximum absolute atomic E-state index is 11.8. The third-order valence-electron chi connectivity index (χ3n) is 1.79. The topological polar surface area (TPSA) is 38.0 Å². The molecular formula is C9H9Cl2F3N2. The standard InChI is InChI=1S/C9H9Cl2F3N2/c10-6-1-5(2-7(11)8(6)15)3-16-4-9(12,13)14/h1-2,16H,3-4,15H2. The van der Waals surface area contributed by atoms with Gasteiger partial charge in [0.15, 0.2) is 0 Å². The lowest BCUT2D eigenvalue weighted by atomic mass is 10.2. The second-order valence-electron chi connectivity index (χ2n) is 3.19. The molecule has 1 rings (SSSR count). The Labute approximate surface area is 101 Å². The first-order chi connectivity index (χ1) is 7.29. The highest BCUT2D eigenvalue weighted by atomic mass is 35.5. The number of benzene rings is 1. The van der Waals surface area contributed by atoms with Crippen LogP contribution in [0.4, 0.5) is 18.9 Å². The Balaban J connectivity index is 2.62. The Morgan fingerprint density at radius 3 is 2.12 bits per heavy atom. The second kappa shape index (κ2) is 5.12. The van der Waals surface area contributed by atoms with Crippen LogP contribution in [0, 0.1) is 0 Å². The van der Waals surface area contributed by atoms with Crippen LogP contribution < -0.4 is 11.1 Å². The lowest BCUT2D eigenvalue weighted by Gasteiger charge is -2.09. The number of nitrogen functional groups attached to an aromatic ring is 1. The van der Waals surface area contributed by atoms with Crippen LogP contribution in [-0.4, -0.2) is 12.7 Å². The highest BCUT2D eigenvalue weighted by Gasteiger charge is 2.26. The van der Waals surface area contributed by atoms with Gasteiger partial charge >= 0.3 is 6.18 Å². The van der Waals surface area contributed by atoms with Gasteiger partial charge in [-0.3, -0.25) is 0 Å². The molecule has 1 aromatic carbocycles. The molecular weight excluding hydrogens is 264 g/mol. The van der Waals surface area contributed by atoms with Gasteiger partial charge in [0.2, 0.25) is 0 Å². The maximum Gasteiger partial charge on any atom is 0.401 e. The molecule has 0 unspecified atom stereocenters. The van der Waals surface area contributed by atoms with Crippen molar-refractivity contribution in [3.05, 3.63) is 27.7 Å². The van der Waals surface area contributed by atoms with Crippen molar-refractivity contribution in [1.29, 1.82) is 0 Å². The normalized spacial score (nSPS) is 11.8. The molecule has 0 aromatic heterocycles. The van der Waals surface area contributed by atoms with Crippen molar-refractivity contribution in [3.8, 4) is 0 Å². The largest absolute Gasteiger partial charge is 0.401 e. The van der Waals surface area contributed by atoms with Crippen molar-refractivity contribution < 1.29 is 13.2 Å². The molecule has 3 N–H and O–H groups in total. The highest BCUT2D eigenvalue weighted by molar-refractivity contribution is 6.38. The van der Waals surface area contributed by atoms with Gasteiger partial charge in [-0.05, 0) is 17.7 Å². The number of nitrogens with two attached hydrogens (primary N) is 1. The van der Waals surface area contributed by atoms with Gasteiger partial charge in [-0.2, -0.15) is 13.2 Å². The van der Waals surface area contributed by atoms with Crippen molar-refractivity contribution >= 4 is 28.9 Å². The van der Waals surface area contributed by atoms with Crippen molar-refractivity contribution in [2.75, 3.05) is 12.3 Å². The molecule has 0 amide bonds. The number of hydrogen-bond donors (Lipinski definition) is 2. The van der Waals surface area contributed by atoms with Crippen LogP contribution in [0.15, 0.2) is 12.1 Å². The molecule has 0 bridgehead atoms. The van der Waals surface area contributed by atoms with Crippen LogP contribution in [0.25, 0.3) is 0 Å². The Bertz CT molecular complexity index is 357. The molecule has 16 heavy (non-hydrogen) atoms. The van der Waals surface area contributed by atoms with Crippen molar-refractivity contribution in [2.45, 2.75) is 12.7 Å². The van der Waals surface area contributed by atoms with E-state index in [1.807, 2.05) is 0 Å². The first-order valence-corrected chi connectivity index (χ1v) is 5.06. The fourth-order valence-corrected chi connectivity index (χ4v) is 1.62. The molecule has 0 radical (unpaired) electrons. The van der Waals surface area contributed by atoms with Crippen LogP contribution in [0.5, 0.6) is 0 Å². The number of hydrogen-bond acceptors (Lipinski definition) is 2. The molecule has 0 heterocycles. The molecule has 0 aliphatic carbocycles. The quantitative estimate of drug-likeness (QED) is 0.830. The SMILES string of the molecule is Nc1c(Cl)cc(CNCC(F)(F)F)cc1Cl. The smallest absolute Gasteiger partial charge is 0.396 e. The molecule has 0 saturated carbocycles. The summed E-state index contributed by atoms with van der Waals surface area (Å²) in [6, 6.07) is 2.96. The van der Waals surface area contributed by atoms with Gasteiger partial charge in [0.05, 0.1) is 22.3 Å². The van der Waals surface area contributed by atoms with Crippen molar-refractivity contribution in [2.24, 2.45) is 0 Å².